The second-order valence-electron chi connectivity index (χ2n) is 5.98. The largest absolute Gasteiger partial charge is 0.491 e. The second-order valence-corrected chi connectivity index (χ2v) is 5.98. The van der Waals surface area contributed by atoms with Crippen LogP contribution in [0.25, 0.3) is 5.65 Å². The van der Waals surface area contributed by atoms with Gasteiger partial charge < -0.3 is 15.0 Å². The molecule has 3 aromatic rings. The number of benzene rings is 1. The van der Waals surface area contributed by atoms with E-state index in [1.807, 2.05) is 17.9 Å². The number of fused-ring (bicyclic) bond motifs is 2. The molecule has 1 aliphatic rings. The maximum atomic E-state index is 13.8. The van der Waals surface area contributed by atoms with Crippen molar-refractivity contribution >= 4 is 17.4 Å². The van der Waals surface area contributed by atoms with Crippen molar-refractivity contribution in [2.45, 2.75) is 13.5 Å². The van der Waals surface area contributed by atoms with Crippen LogP contribution in [0.15, 0.2) is 36.7 Å². The molecule has 134 valence electrons. The molecule has 0 fully saturated rings. The van der Waals surface area contributed by atoms with Crippen molar-refractivity contribution in [3.05, 3.63) is 53.6 Å². The van der Waals surface area contributed by atoms with E-state index in [9.17, 15) is 9.18 Å². The number of ether oxygens (including phenoxy) is 1. The first-order valence-corrected chi connectivity index (χ1v) is 8.44. The maximum Gasteiger partial charge on any atom is 0.256 e. The van der Waals surface area contributed by atoms with Crippen LogP contribution < -0.4 is 15.0 Å². The fourth-order valence-corrected chi connectivity index (χ4v) is 2.99. The average Bonchev–Trinajstić information content (AvgIpc) is 3.07. The molecule has 0 radical (unpaired) electrons. The van der Waals surface area contributed by atoms with E-state index in [1.54, 1.807) is 16.8 Å². The highest BCUT2D eigenvalue weighted by Gasteiger charge is 2.18. The van der Waals surface area contributed by atoms with Gasteiger partial charge in [-0.2, -0.15) is 5.10 Å². The molecule has 26 heavy (non-hydrogen) atoms. The molecular weight excluding hydrogens is 337 g/mol. The number of rotatable bonds is 1. The molecule has 3 heterocycles. The molecule has 2 bridgehead atoms. The van der Waals surface area contributed by atoms with Crippen LogP contribution in [0, 0.1) is 5.82 Å². The summed E-state index contributed by atoms with van der Waals surface area (Å²) in [6, 6.07) is 6.28. The fourth-order valence-electron chi connectivity index (χ4n) is 2.99. The number of hydrogen-bond donors (Lipinski definition) is 1. The topological polar surface area (TPSA) is 71.8 Å². The Bertz CT molecular complexity index is 971. The lowest BCUT2D eigenvalue weighted by Crippen LogP contribution is -2.28. The van der Waals surface area contributed by atoms with Crippen LogP contribution in [0.1, 0.15) is 22.8 Å². The van der Waals surface area contributed by atoms with Crippen molar-refractivity contribution in [3.8, 4) is 5.75 Å². The Morgan fingerprint density at radius 2 is 2.23 bits per heavy atom. The highest BCUT2D eigenvalue weighted by molar-refractivity contribution is 5.99. The van der Waals surface area contributed by atoms with E-state index < -0.39 is 0 Å². The molecular formula is C18H18FN5O2. The first-order valence-electron chi connectivity index (χ1n) is 8.44. The molecule has 1 amide bonds. The third-order valence-electron chi connectivity index (χ3n) is 4.33. The van der Waals surface area contributed by atoms with Gasteiger partial charge in [0.25, 0.3) is 5.91 Å². The highest BCUT2D eigenvalue weighted by Crippen LogP contribution is 2.24. The van der Waals surface area contributed by atoms with Crippen LogP contribution in [-0.2, 0) is 6.54 Å². The fraction of sp³-hybridized carbons (Fsp3) is 0.278. The molecule has 0 atom stereocenters. The summed E-state index contributed by atoms with van der Waals surface area (Å²) in [6.45, 7) is 3.70. The highest BCUT2D eigenvalue weighted by atomic mass is 19.1. The molecule has 1 aromatic carbocycles. The maximum absolute atomic E-state index is 13.8. The number of aromatic nitrogens is 3. The summed E-state index contributed by atoms with van der Waals surface area (Å²) < 4.78 is 21.1. The standard InChI is InChI=1S/C18H18FN5O2/c1-2-23-11-12-9-13(19)3-4-15(12)26-8-6-20-18(25)14-10-21-24-7-5-16(23)22-17(14)24/h3-5,7,9-10H,2,6,8,11H2,1H3,(H,20,25). The van der Waals surface area contributed by atoms with Crippen molar-refractivity contribution in [2.75, 3.05) is 24.6 Å². The Hall–Kier alpha value is -3.16. The zero-order chi connectivity index (χ0) is 18.1. The van der Waals surface area contributed by atoms with Crippen molar-refractivity contribution in [1.29, 1.82) is 0 Å². The predicted octanol–water partition coefficient (Wildman–Crippen LogP) is 2.02. The van der Waals surface area contributed by atoms with Gasteiger partial charge in [-0.1, -0.05) is 0 Å². The number of nitrogens with one attached hydrogen (secondary N) is 1. The van der Waals surface area contributed by atoms with Gasteiger partial charge in [0.1, 0.15) is 29.6 Å². The summed E-state index contributed by atoms with van der Waals surface area (Å²) in [5.74, 6) is 0.712. The molecule has 1 N–H and O–H groups in total. The molecule has 2 aromatic heterocycles. The van der Waals surface area contributed by atoms with Gasteiger partial charge in [-0.05, 0) is 31.2 Å². The van der Waals surface area contributed by atoms with Crippen molar-refractivity contribution in [3.63, 3.8) is 0 Å². The Labute approximate surface area is 149 Å². The second kappa shape index (κ2) is 6.62. The number of nitrogens with zero attached hydrogens (tertiary/aromatic N) is 4. The van der Waals surface area contributed by atoms with Gasteiger partial charge in [-0.15, -0.1) is 0 Å². The third-order valence-corrected chi connectivity index (χ3v) is 4.33. The molecule has 4 rings (SSSR count). The lowest BCUT2D eigenvalue weighted by atomic mass is 10.1. The molecule has 0 spiro atoms. The number of carbonyl (C=O) groups is 1. The Kier molecular flexibility index (Phi) is 4.16. The van der Waals surface area contributed by atoms with Crippen molar-refractivity contribution in [2.24, 2.45) is 0 Å². The number of amides is 1. The summed E-state index contributed by atoms with van der Waals surface area (Å²) in [7, 11) is 0. The van der Waals surface area contributed by atoms with Gasteiger partial charge in [0.2, 0.25) is 0 Å². The van der Waals surface area contributed by atoms with E-state index in [4.69, 9.17) is 4.74 Å². The SMILES string of the molecule is CCN1Cc2cc(F)ccc2OCCNC(=O)c2cnn3ccc1nc23. The average molecular weight is 355 g/mol. The number of anilines is 1. The molecule has 0 saturated heterocycles. The Morgan fingerprint density at radius 3 is 3.08 bits per heavy atom. The van der Waals surface area contributed by atoms with Crippen LogP contribution in [-0.4, -0.2) is 40.2 Å². The summed E-state index contributed by atoms with van der Waals surface area (Å²) in [5.41, 5.74) is 1.62. The smallest absolute Gasteiger partial charge is 0.256 e. The van der Waals surface area contributed by atoms with Crippen LogP contribution >= 0.6 is 0 Å². The first kappa shape index (κ1) is 16.3. The zero-order valence-corrected chi connectivity index (χ0v) is 14.3. The van der Waals surface area contributed by atoms with Crippen LogP contribution in [0.4, 0.5) is 10.2 Å². The van der Waals surface area contributed by atoms with E-state index in [0.717, 1.165) is 5.56 Å². The van der Waals surface area contributed by atoms with Crippen molar-refractivity contribution in [1.82, 2.24) is 19.9 Å². The van der Waals surface area contributed by atoms with Gasteiger partial charge in [0, 0.05) is 24.8 Å². The molecule has 8 heteroatoms. The predicted molar refractivity (Wildman–Crippen MR) is 93.9 cm³/mol. The van der Waals surface area contributed by atoms with E-state index in [1.165, 1.54) is 18.3 Å². The van der Waals surface area contributed by atoms with Crippen LogP contribution in [0.5, 0.6) is 5.75 Å². The number of hydrogen-bond acceptors (Lipinski definition) is 5. The summed E-state index contributed by atoms with van der Waals surface area (Å²) >= 11 is 0. The third kappa shape index (κ3) is 2.94. The number of carbonyl (C=O) groups excluding carboxylic acids is 1. The normalized spacial score (nSPS) is 14.8. The van der Waals surface area contributed by atoms with Gasteiger partial charge >= 0.3 is 0 Å². The minimum absolute atomic E-state index is 0.255. The van der Waals surface area contributed by atoms with E-state index in [0.29, 0.717) is 42.4 Å². The van der Waals surface area contributed by atoms with E-state index in [2.05, 4.69) is 15.4 Å². The molecule has 7 nitrogen and oxygen atoms in total. The molecule has 0 aliphatic carbocycles. The Morgan fingerprint density at radius 1 is 1.35 bits per heavy atom. The summed E-state index contributed by atoms with van der Waals surface area (Å²) in [6.07, 6.45) is 3.27. The number of halogens is 1. The minimum Gasteiger partial charge on any atom is -0.491 e. The minimum atomic E-state index is -0.317. The zero-order valence-electron chi connectivity index (χ0n) is 14.3. The van der Waals surface area contributed by atoms with E-state index >= 15 is 0 Å². The Balaban J connectivity index is 1.82. The van der Waals surface area contributed by atoms with Crippen molar-refractivity contribution < 1.29 is 13.9 Å². The van der Waals surface area contributed by atoms with E-state index in [-0.39, 0.29) is 18.3 Å². The molecule has 1 aliphatic heterocycles. The monoisotopic (exact) mass is 355 g/mol. The summed E-state index contributed by atoms with van der Waals surface area (Å²) in [4.78, 5) is 19.0. The van der Waals surface area contributed by atoms with Gasteiger partial charge in [-0.25, -0.2) is 13.9 Å². The van der Waals surface area contributed by atoms with Crippen LogP contribution in [0.2, 0.25) is 0 Å². The molecule has 0 saturated carbocycles. The lowest BCUT2D eigenvalue weighted by Gasteiger charge is -2.23. The quantitative estimate of drug-likeness (QED) is 0.723. The summed E-state index contributed by atoms with van der Waals surface area (Å²) in [5, 5.41) is 6.97. The van der Waals surface area contributed by atoms with Gasteiger partial charge in [0.05, 0.1) is 12.7 Å². The molecule has 0 unspecified atom stereocenters. The van der Waals surface area contributed by atoms with Gasteiger partial charge in [0.15, 0.2) is 5.65 Å². The first-order chi connectivity index (χ1) is 12.7. The van der Waals surface area contributed by atoms with Gasteiger partial charge in [-0.3, -0.25) is 4.79 Å². The van der Waals surface area contributed by atoms with Crippen LogP contribution in [0.3, 0.4) is 0 Å². The lowest BCUT2D eigenvalue weighted by molar-refractivity contribution is 0.0948.